The van der Waals surface area contributed by atoms with Gasteiger partial charge in [0, 0.05) is 18.0 Å². The maximum Gasteiger partial charge on any atom is 0.341 e. The van der Waals surface area contributed by atoms with E-state index in [2.05, 4.69) is 15.0 Å². The van der Waals surface area contributed by atoms with Gasteiger partial charge < -0.3 is 14.8 Å². The number of hydrogen-bond donors (Lipinski definition) is 3. The van der Waals surface area contributed by atoms with Gasteiger partial charge in [-0.25, -0.2) is 4.79 Å². The Morgan fingerprint density at radius 3 is 2.96 bits per heavy atom. The lowest BCUT2D eigenvalue weighted by molar-refractivity contribution is -0.139. The smallest absolute Gasteiger partial charge is 0.341 e. The average molecular weight is 330 g/mol. The number of hydrogen-bond acceptors (Lipinski definition) is 6. The molecule has 0 saturated heterocycles. The van der Waals surface area contributed by atoms with Crippen molar-refractivity contribution in [2.75, 3.05) is 6.61 Å². The molecule has 0 aliphatic carbocycles. The summed E-state index contributed by atoms with van der Waals surface area (Å²) in [5.41, 5.74) is 0.00251. The molecule has 0 bridgehead atoms. The SMILES string of the molecule is N#Cc1c(C=Cc2cnccc2OCC(=O)O)[nH]c(=S)[nH]c1=O. The van der Waals surface area contributed by atoms with Crippen LogP contribution >= 0.6 is 12.2 Å². The lowest BCUT2D eigenvalue weighted by atomic mass is 10.2. The van der Waals surface area contributed by atoms with Gasteiger partial charge in [-0.05, 0) is 30.4 Å². The largest absolute Gasteiger partial charge is 0.481 e. The van der Waals surface area contributed by atoms with Gasteiger partial charge in [0.1, 0.15) is 17.4 Å². The molecule has 0 amide bonds. The Labute approximate surface area is 134 Å². The van der Waals surface area contributed by atoms with Gasteiger partial charge in [-0.2, -0.15) is 5.26 Å². The summed E-state index contributed by atoms with van der Waals surface area (Å²) in [7, 11) is 0. The van der Waals surface area contributed by atoms with Crippen LogP contribution in [0.15, 0.2) is 23.3 Å². The Morgan fingerprint density at radius 2 is 2.26 bits per heavy atom. The number of carboxylic acids is 1. The minimum absolute atomic E-state index is 0.0854. The highest BCUT2D eigenvalue weighted by molar-refractivity contribution is 7.71. The van der Waals surface area contributed by atoms with Crippen molar-refractivity contribution in [1.29, 1.82) is 5.26 Å². The maximum atomic E-state index is 11.6. The molecule has 0 aromatic carbocycles. The van der Waals surface area contributed by atoms with Crippen LogP contribution in [0.25, 0.3) is 12.2 Å². The van der Waals surface area contributed by atoms with Crippen molar-refractivity contribution in [3.63, 3.8) is 0 Å². The van der Waals surface area contributed by atoms with Crippen LogP contribution < -0.4 is 10.3 Å². The first-order valence-corrected chi connectivity index (χ1v) is 6.65. The van der Waals surface area contributed by atoms with Crippen LogP contribution in [-0.4, -0.2) is 32.6 Å². The molecule has 3 N–H and O–H groups in total. The number of nitriles is 1. The zero-order valence-electron chi connectivity index (χ0n) is 11.6. The molecule has 9 heteroatoms. The predicted octanol–water partition coefficient (Wildman–Crippen LogP) is 1.33. The predicted molar refractivity (Wildman–Crippen MR) is 83.3 cm³/mol. The van der Waals surface area contributed by atoms with E-state index in [-0.39, 0.29) is 16.0 Å². The molecule has 2 heterocycles. The van der Waals surface area contributed by atoms with Gasteiger partial charge in [0.15, 0.2) is 11.4 Å². The summed E-state index contributed by atoms with van der Waals surface area (Å²) in [6.07, 6.45) is 5.91. The van der Waals surface area contributed by atoms with Gasteiger partial charge in [-0.15, -0.1) is 0 Å². The normalized spacial score (nSPS) is 10.4. The van der Waals surface area contributed by atoms with E-state index in [1.807, 2.05) is 0 Å². The average Bonchev–Trinajstić information content (AvgIpc) is 2.51. The van der Waals surface area contributed by atoms with E-state index in [0.717, 1.165) is 0 Å². The van der Waals surface area contributed by atoms with Crippen LogP contribution in [0.1, 0.15) is 16.8 Å². The number of nitrogens with one attached hydrogen (secondary N) is 2. The first kappa shape index (κ1) is 16.1. The van der Waals surface area contributed by atoms with E-state index in [1.165, 1.54) is 30.6 Å². The second-order valence-corrected chi connectivity index (χ2v) is 4.65. The Hall–Kier alpha value is -3.25. The summed E-state index contributed by atoms with van der Waals surface area (Å²) < 4.78 is 5.22. The molecular weight excluding hydrogens is 320 g/mol. The van der Waals surface area contributed by atoms with E-state index in [9.17, 15) is 9.59 Å². The van der Waals surface area contributed by atoms with Crippen molar-refractivity contribution in [2.24, 2.45) is 0 Å². The van der Waals surface area contributed by atoms with Crippen LogP contribution in [0, 0.1) is 16.1 Å². The third kappa shape index (κ3) is 4.12. The molecule has 0 saturated carbocycles. The van der Waals surface area contributed by atoms with Gasteiger partial charge in [0.25, 0.3) is 5.56 Å². The van der Waals surface area contributed by atoms with Crippen LogP contribution in [0.5, 0.6) is 5.75 Å². The molecule has 0 aliphatic heterocycles. The third-order valence-electron chi connectivity index (χ3n) is 2.67. The van der Waals surface area contributed by atoms with Crippen LogP contribution in [0.3, 0.4) is 0 Å². The Bertz CT molecular complexity index is 923. The van der Waals surface area contributed by atoms with E-state index in [0.29, 0.717) is 11.3 Å². The summed E-state index contributed by atoms with van der Waals surface area (Å²) in [5, 5.41) is 17.7. The number of H-pyrrole nitrogens is 2. The van der Waals surface area contributed by atoms with Gasteiger partial charge in [0.05, 0.1) is 5.69 Å². The molecule has 116 valence electrons. The number of aromatic amines is 2. The van der Waals surface area contributed by atoms with Gasteiger partial charge in [-0.3, -0.25) is 14.8 Å². The summed E-state index contributed by atoms with van der Waals surface area (Å²) >= 11 is 4.86. The monoisotopic (exact) mass is 330 g/mol. The number of carbonyl (C=O) groups is 1. The van der Waals surface area contributed by atoms with Crippen molar-refractivity contribution in [3.8, 4) is 11.8 Å². The first-order valence-electron chi connectivity index (χ1n) is 6.24. The van der Waals surface area contributed by atoms with E-state index < -0.39 is 18.1 Å². The topological polar surface area (TPSA) is 132 Å². The lowest BCUT2D eigenvalue weighted by Gasteiger charge is -2.06. The third-order valence-corrected chi connectivity index (χ3v) is 2.88. The highest BCUT2D eigenvalue weighted by Crippen LogP contribution is 2.19. The van der Waals surface area contributed by atoms with Crippen molar-refractivity contribution in [3.05, 3.63) is 50.4 Å². The van der Waals surface area contributed by atoms with Crippen LogP contribution in [0.4, 0.5) is 0 Å². The Kier molecular flexibility index (Phi) is 5.01. The van der Waals surface area contributed by atoms with Gasteiger partial charge in [-0.1, -0.05) is 0 Å². The zero-order valence-corrected chi connectivity index (χ0v) is 12.4. The molecule has 0 aliphatic rings. The van der Waals surface area contributed by atoms with Gasteiger partial charge in [0.2, 0.25) is 0 Å². The Balaban J connectivity index is 2.39. The summed E-state index contributed by atoms with van der Waals surface area (Å²) in [5.74, 6) is -0.803. The number of nitrogens with zero attached hydrogens (tertiary/aromatic N) is 2. The molecule has 0 atom stereocenters. The minimum atomic E-state index is -1.11. The standard InChI is InChI=1S/C14H10N4O4S/c15-5-9-10(17-14(23)18-13(9)21)2-1-8-6-16-4-3-11(8)22-7-12(19)20/h1-4,6H,7H2,(H,19,20)(H2,17,18,21,23). The quantitative estimate of drug-likeness (QED) is 0.705. The summed E-state index contributed by atoms with van der Waals surface area (Å²) in [6, 6.07) is 3.29. The second kappa shape index (κ2) is 7.15. The molecule has 2 rings (SSSR count). The van der Waals surface area contributed by atoms with E-state index in [1.54, 1.807) is 6.07 Å². The highest BCUT2D eigenvalue weighted by Gasteiger charge is 2.07. The van der Waals surface area contributed by atoms with E-state index in [4.69, 9.17) is 27.3 Å². The number of carboxylic acid groups (broad SMARTS) is 1. The number of aliphatic carboxylic acids is 1. The highest BCUT2D eigenvalue weighted by atomic mass is 32.1. The number of aromatic nitrogens is 3. The minimum Gasteiger partial charge on any atom is -0.481 e. The van der Waals surface area contributed by atoms with E-state index >= 15 is 0 Å². The van der Waals surface area contributed by atoms with Crippen molar-refractivity contribution in [2.45, 2.75) is 0 Å². The molecule has 0 unspecified atom stereocenters. The van der Waals surface area contributed by atoms with Crippen LogP contribution in [0.2, 0.25) is 0 Å². The van der Waals surface area contributed by atoms with Crippen molar-refractivity contribution < 1.29 is 14.6 Å². The van der Waals surface area contributed by atoms with Crippen molar-refractivity contribution in [1.82, 2.24) is 15.0 Å². The zero-order chi connectivity index (χ0) is 16.8. The Morgan fingerprint density at radius 1 is 1.48 bits per heavy atom. The molecule has 8 nitrogen and oxygen atoms in total. The number of rotatable bonds is 5. The molecular formula is C14H10N4O4S. The maximum absolute atomic E-state index is 11.6. The molecule has 0 fully saturated rings. The number of ether oxygens (including phenoxy) is 1. The summed E-state index contributed by atoms with van der Waals surface area (Å²) in [6.45, 7) is -0.498. The lowest BCUT2D eigenvalue weighted by Crippen LogP contribution is -2.13. The van der Waals surface area contributed by atoms with Gasteiger partial charge >= 0.3 is 5.97 Å². The fourth-order valence-corrected chi connectivity index (χ4v) is 1.91. The molecule has 2 aromatic rings. The molecule has 0 spiro atoms. The summed E-state index contributed by atoms with van der Waals surface area (Å²) in [4.78, 5) is 31.2. The second-order valence-electron chi connectivity index (χ2n) is 4.24. The van der Waals surface area contributed by atoms with Crippen LogP contribution in [-0.2, 0) is 4.79 Å². The molecule has 23 heavy (non-hydrogen) atoms. The fourth-order valence-electron chi connectivity index (χ4n) is 1.70. The van der Waals surface area contributed by atoms with Crippen molar-refractivity contribution >= 4 is 30.3 Å². The molecule has 0 radical (unpaired) electrons. The molecule has 2 aromatic heterocycles. The number of pyridine rings is 1. The first-order chi connectivity index (χ1) is 11.0. The fraction of sp³-hybridized carbons (Fsp3) is 0.0714.